The molecule has 1 rings (SSSR count). The Morgan fingerprint density at radius 3 is 1.83 bits per heavy atom. The summed E-state index contributed by atoms with van der Waals surface area (Å²) in [7, 11) is 0. The highest BCUT2D eigenvalue weighted by Crippen LogP contribution is 2.40. The standard InChI is InChI=1S/C16H34N2/c1-7-16(8-2)9-11-18(12-10-16)14(13(3)17)15(4,5)6/h13-14H,7-12,17H2,1-6H3. The Morgan fingerprint density at radius 2 is 1.56 bits per heavy atom. The summed E-state index contributed by atoms with van der Waals surface area (Å²) in [6.45, 7) is 16.3. The number of likely N-dealkylation sites (tertiary alicyclic amines) is 1. The molecule has 108 valence electrons. The van der Waals surface area contributed by atoms with Crippen molar-refractivity contribution < 1.29 is 0 Å². The quantitative estimate of drug-likeness (QED) is 0.830. The molecule has 2 atom stereocenters. The first-order valence-corrected chi connectivity index (χ1v) is 7.75. The fraction of sp³-hybridized carbons (Fsp3) is 1.00. The van der Waals surface area contributed by atoms with E-state index in [4.69, 9.17) is 5.73 Å². The lowest BCUT2D eigenvalue weighted by Gasteiger charge is -2.49. The lowest BCUT2D eigenvalue weighted by Crippen LogP contribution is -2.56. The Kier molecular flexibility index (Phi) is 5.25. The zero-order valence-electron chi connectivity index (χ0n) is 13.4. The van der Waals surface area contributed by atoms with Crippen molar-refractivity contribution in [2.75, 3.05) is 13.1 Å². The Morgan fingerprint density at radius 1 is 1.11 bits per heavy atom. The molecule has 0 bridgehead atoms. The second kappa shape index (κ2) is 5.92. The molecule has 1 heterocycles. The van der Waals surface area contributed by atoms with Gasteiger partial charge in [-0.3, -0.25) is 4.90 Å². The highest BCUT2D eigenvalue weighted by atomic mass is 15.2. The van der Waals surface area contributed by atoms with Gasteiger partial charge in [-0.15, -0.1) is 0 Å². The normalized spacial score (nSPS) is 24.8. The van der Waals surface area contributed by atoms with Crippen LogP contribution in [0.4, 0.5) is 0 Å². The van der Waals surface area contributed by atoms with Crippen LogP contribution < -0.4 is 5.73 Å². The van der Waals surface area contributed by atoms with Crippen LogP contribution >= 0.6 is 0 Å². The van der Waals surface area contributed by atoms with Crippen molar-refractivity contribution in [2.45, 2.75) is 79.3 Å². The van der Waals surface area contributed by atoms with E-state index in [9.17, 15) is 0 Å². The first kappa shape index (κ1) is 16.0. The van der Waals surface area contributed by atoms with Gasteiger partial charge in [0, 0.05) is 12.1 Å². The van der Waals surface area contributed by atoms with Gasteiger partial charge in [0.25, 0.3) is 0 Å². The zero-order valence-corrected chi connectivity index (χ0v) is 13.4. The summed E-state index contributed by atoms with van der Waals surface area (Å²) in [6.07, 6.45) is 5.35. The zero-order chi connectivity index (χ0) is 14.0. The maximum Gasteiger partial charge on any atom is 0.0292 e. The second-order valence-corrected chi connectivity index (χ2v) is 7.41. The summed E-state index contributed by atoms with van der Waals surface area (Å²) >= 11 is 0. The molecule has 0 aromatic rings. The maximum atomic E-state index is 6.24. The molecule has 0 aromatic carbocycles. The van der Waals surface area contributed by atoms with E-state index in [0.29, 0.717) is 11.5 Å². The predicted octanol–water partition coefficient (Wildman–Crippen LogP) is 3.65. The van der Waals surface area contributed by atoms with Gasteiger partial charge in [-0.25, -0.2) is 0 Å². The van der Waals surface area contributed by atoms with Crippen molar-refractivity contribution in [3.63, 3.8) is 0 Å². The lowest BCUT2D eigenvalue weighted by atomic mass is 9.72. The monoisotopic (exact) mass is 254 g/mol. The molecule has 1 saturated heterocycles. The minimum Gasteiger partial charge on any atom is -0.327 e. The average Bonchev–Trinajstić information content (AvgIpc) is 2.28. The molecule has 2 heteroatoms. The number of nitrogens with zero attached hydrogens (tertiary/aromatic N) is 1. The molecule has 1 aliphatic rings. The first-order valence-electron chi connectivity index (χ1n) is 7.75. The minimum atomic E-state index is 0.251. The van der Waals surface area contributed by atoms with Crippen LogP contribution in [-0.4, -0.2) is 30.1 Å². The Bertz CT molecular complexity index is 238. The fourth-order valence-electron chi connectivity index (χ4n) is 3.90. The van der Waals surface area contributed by atoms with Crippen LogP contribution in [0.2, 0.25) is 0 Å². The Labute approximate surface area is 114 Å². The van der Waals surface area contributed by atoms with Crippen LogP contribution in [0, 0.1) is 10.8 Å². The molecule has 0 aromatic heterocycles. The van der Waals surface area contributed by atoms with E-state index in [2.05, 4.69) is 46.4 Å². The summed E-state index contributed by atoms with van der Waals surface area (Å²) in [5, 5.41) is 0. The van der Waals surface area contributed by atoms with Gasteiger partial charge in [-0.1, -0.05) is 47.5 Å². The number of rotatable bonds is 4. The third-order valence-electron chi connectivity index (χ3n) is 5.14. The molecule has 18 heavy (non-hydrogen) atoms. The van der Waals surface area contributed by atoms with E-state index in [0.717, 1.165) is 0 Å². The number of hydrogen-bond donors (Lipinski definition) is 1. The topological polar surface area (TPSA) is 29.3 Å². The van der Waals surface area contributed by atoms with Gasteiger partial charge >= 0.3 is 0 Å². The van der Waals surface area contributed by atoms with Crippen LogP contribution in [0.3, 0.4) is 0 Å². The summed E-state index contributed by atoms with van der Waals surface area (Å²) < 4.78 is 0. The van der Waals surface area contributed by atoms with Crippen molar-refractivity contribution in [2.24, 2.45) is 16.6 Å². The van der Waals surface area contributed by atoms with E-state index in [-0.39, 0.29) is 11.5 Å². The fourth-order valence-corrected chi connectivity index (χ4v) is 3.90. The highest BCUT2D eigenvalue weighted by Gasteiger charge is 2.38. The van der Waals surface area contributed by atoms with Crippen LogP contribution in [0.1, 0.15) is 67.2 Å². The molecule has 0 radical (unpaired) electrons. The first-order chi connectivity index (χ1) is 8.25. The summed E-state index contributed by atoms with van der Waals surface area (Å²) in [5.41, 5.74) is 7.12. The van der Waals surface area contributed by atoms with Gasteiger partial charge in [0.15, 0.2) is 0 Å². The van der Waals surface area contributed by atoms with E-state index < -0.39 is 0 Å². The molecule has 2 N–H and O–H groups in total. The van der Waals surface area contributed by atoms with Gasteiger partial charge in [-0.2, -0.15) is 0 Å². The summed E-state index contributed by atoms with van der Waals surface area (Å²) in [4.78, 5) is 2.65. The van der Waals surface area contributed by atoms with Crippen molar-refractivity contribution in [1.82, 2.24) is 4.90 Å². The Balaban J connectivity index is 2.71. The van der Waals surface area contributed by atoms with Gasteiger partial charge < -0.3 is 5.73 Å². The van der Waals surface area contributed by atoms with E-state index in [1.54, 1.807) is 0 Å². The van der Waals surface area contributed by atoms with E-state index in [1.165, 1.54) is 38.8 Å². The SMILES string of the molecule is CCC1(CC)CCN(C(C(C)N)C(C)(C)C)CC1. The van der Waals surface area contributed by atoms with Gasteiger partial charge in [0.1, 0.15) is 0 Å². The van der Waals surface area contributed by atoms with Crippen LogP contribution in [0.5, 0.6) is 0 Å². The lowest BCUT2D eigenvalue weighted by molar-refractivity contribution is 0.0167. The third kappa shape index (κ3) is 3.48. The van der Waals surface area contributed by atoms with Gasteiger partial charge in [0.2, 0.25) is 0 Å². The second-order valence-electron chi connectivity index (χ2n) is 7.41. The average molecular weight is 254 g/mol. The molecule has 2 nitrogen and oxygen atoms in total. The van der Waals surface area contributed by atoms with E-state index >= 15 is 0 Å². The minimum absolute atomic E-state index is 0.251. The number of hydrogen-bond acceptors (Lipinski definition) is 2. The summed E-state index contributed by atoms with van der Waals surface area (Å²) in [6, 6.07) is 0.755. The smallest absolute Gasteiger partial charge is 0.0292 e. The highest BCUT2D eigenvalue weighted by molar-refractivity contribution is 4.93. The van der Waals surface area contributed by atoms with Crippen LogP contribution in [0.25, 0.3) is 0 Å². The van der Waals surface area contributed by atoms with Crippen molar-refractivity contribution in [3.8, 4) is 0 Å². The number of nitrogens with two attached hydrogens (primary N) is 1. The molecule has 2 unspecified atom stereocenters. The maximum absolute atomic E-state index is 6.24. The Hall–Kier alpha value is -0.0800. The van der Waals surface area contributed by atoms with Crippen LogP contribution in [-0.2, 0) is 0 Å². The van der Waals surface area contributed by atoms with Crippen molar-refractivity contribution in [1.29, 1.82) is 0 Å². The number of piperidine rings is 1. The molecular formula is C16H34N2. The van der Waals surface area contributed by atoms with Gasteiger partial charge in [0.05, 0.1) is 0 Å². The van der Waals surface area contributed by atoms with E-state index in [1.807, 2.05) is 0 Å². The van der Waals surface area contributed by atoms with Crippen LogP contribution in [0.15, 0.2) is 0 Å². The molecular weight excluding hydrogens is 220 g/mol. The molecule has 1 fully saturated rings. The van der Waals surface area contributed by atoms with Gasteiger partial charge in [-0.05, 0) is 43.7 Å². The van der Waals surface area contributed by atoms with Crippen molar-refractivity contribution >= 4 is 0 Å². The largest absolute Gasteiger partial charge is 0.327 e. The molecule has 0 saturated carbocycles. The molecule has 1 aliphatic heterocycles. The third-order valence-corrected chi connectivity index (χ3v) is 5.14. The molecule has 0 aliphatic carbocycles. The summed E-state index contributed by atoms with van der Waals surface area (Å²) in [5.74, 6) is 0. The predicted molar refractivity (Wildman–Crippen MR) is 80.7 cm³/mol. The van der Waals surface area contributed by atoms with Crippen molar-refractivity contribution in [3.05, 3.63) is 0 Å². The molecule has 0 amide bonds. The molecule has 0 spiro atoms.